The average molecular weight is 446 g/mol. The van der Waals surface area contributed by atoms with Gasteiger partial charge in [-0.25, -0.2) is 4.98 Å². The van der Waals surface area contributed by atoms with Crippen LogP contribution < -0.4 is 10.1 Å². The molecule has 0 unspecified atom stereocenters. The van der Waals surface area contributed by atoms with E-state index in [1.54, 1.807) is 7.11 Å². The Morgan fingerprint density at radius 3 is 2.38 bits per heavy atom. The van der Waals surface area contributed by atoms with Crippen LogP contribution in [0.25, 0.3) is 5.69 Å². The van der Waals surface area contributed by atoms with E-state index >= 15 is 0 Å². The molecule has 0 bridgehead atoms. The van der Waals surface area contributed by atoms with Gasteiger partial charge in [-0.2, -0.15) is 10.5 Å². The summed E-state index contributed by atoms with van der Waals surface area (Å²) in [4.78, 5) is 17.3. The molecule has 1 amide bonds. The lowest BCUT2D eigenvalue weighted by Gasteiger charge is -2.14. The van der Waals surface area contributed by atoms with Crippen LogP contribution in [0.1, 0.15) is 33.6 Å². The molecule has 3 aromatic rings. The van der Waals surface area contributed by atoms with E-state index in [1.165, 1.54) is 11.8 Å². The zero-order valence-electron chi connectivity index (χ0n) is 18.6. The summed E-state index contributed by atoms with van der Waals surface area (Å²) in [5.74, 6) is 0.907. The van der Waals surface area contributed by atoms with Crippen LogP contribution >= 0.6 is 11.8 Å². The minimum absolute atomic E-state index is 0.0569. The van der Waals surface area contributed by atoms with Crippen molar-refractivity contribution in [1.82, 2.24) is 9.55 Å². The van der Waals surface area contributed by atoms with Crippen LogP contribution in [0.2, 0.25) is 0 Å². The molecule has 1 aromatic carbocycles. The molecule has 2 aromatic heterocycles. The highest BCUT2D eigenvalue weighted by atomic mass is 32.2. The summed E-state index contributed by atoms with van der Waals surface area (Å²) in [5.41, 5.74) is 4.97. The minimum atomic E-state index is -0.288. The molecule has 0 aliphatic rings. The fourth-order valence-corrected chi connectivity index (χ4v) is 4.36. The molecule has 8 heteroatoms. The molecule has 0 aliphatic carbocycles. The number of nitrogens with one attached hydrogen (secondary N) is 1. The highest BCUT2D eigenvalue weighted by Crippen LogP contribution is 2.31. The highest BCUT2D eigenvalue weighted by Gasteiger charge is 2.21. The molecule has 7 nitrogen and oxygen atoms in total. The number of carbonyl (C=O) groups is 1. The van der Waals surface area contributed by atoms with Crippen molar-refractivity contribution in [3.63, 3.8) is 0 Å². The van der Waals surface area contributed by atoms with Crippen molar-refractivity contribution in [2.75, 3.05) is 18.2 Å². The molecule has 3 rings (SSSR count). The maximum absolute atomic E-state index is 12.8. The van der Waals surface area contributed by atoms with Gasteiger partial charge >= 0.3 is 0 Å². The second kappa shape index (κ2) is 9.59. The number of ether oxygens (including phenoxy) is 1. The van der Waals surface area contributed by atoms with E-state index in [2.05, 4.69) is 22.4 Å². The van der Waals surface area contributed by atoms with Crippen molar-refractivity contribution in [2.24, 2.45) is 0 Å². The molecule has 0 spiro atoms. The van der Waals surface area contributed by atoms with Crippen molar-refractivity contribution in [3.8, 4) is 23.6 Å². The molecule has 0 aliphatic heterocycles. The van der Waals surface area contributed by atoms with Crippen molar-refractivity contribution < 1.29 is 9.53 Å². The van der Waals surface area contributed by atoms with Crippen molar-refractivity contribution in [1.29, 1.82) is 10.5 Å². The maximum Gasteiger partial charge on any atom is 0.235 e. The molecule has 0 fully saturated rings. The van der Waals surface area contributed by atoms with Crippen molar-refractivity contribution >= 4 is 23.5 Å². The number of thioether (sulfide) groups is 1. The lowest BCUT2D eigenvalue weighted by atomic mass is 10.1. The Labute approximate surface area is 191 Å². The second-order valence-electron chi connectivity index (χ2n) is 7.29. The maximum atomic E-state index is 12.8. The molecular formula is C24H23N5O2S. The lowest BCUT2D eigenvalue weighted by molar-refractivity contribution is -0.113. The zero-order chi connectivity index (χ0) is 23.4. The summed E-state index contributed by atoms with van der Waals surface area (Å²) >= 11 is 1.20. The predicted octanol–water partition coefficient (Wildman–Crippen LogP) is 4.59. The second-order valence-corrected chi connectivity index (χ2v) is 8.25. The smallest absolute Gasteiger partial charge is 0.235 e. The number of methoxy groups -OCH3 is 1. The molecular weight excluding hydrogens is 422 g/mol. The third-order valence-corrected chi connectivity index (χ3v) is 6.15. The Balaban J connectivity index is 1.90. The molecule has 0 saturated heterocycles. The minimum Gasteiger partial charge on any atom is -0.497 e. The number of anilines is 1. The van der Waals surface area contributed by atoms with Gasteiger partial charge in [0, 0.05) is 17.1 Å². The number of pyridine rings is 1. The van der Waals surface area contributed by atoms with Crippen LogP contribution in [-0.4, -0.2) is 28.3 Å². The first-order chi connectivity index (χ1) is 15.3. The highest BCUT2D eigenvalue weighted by molar-refractivity contribution is 8.00. The van der Waals surface area contributed by atoms with Gasteiger partial charge in [0.05, 0.1) is 24.0 Å². The normalized spacial score (nSPS) is 10.3. The molecule has 32 heavy (non-hydrogen) atoms. The quantitative estimate of drug-likeness (QED) is 0.557. The largest absolute Gasteiger partial charge is 0.497 e. The van der Waals surface area contributed by atoms with Gasteiger partial charge in [0.2, 0.25) is 5.91 Å². The van der Waals surface area contributed by atoms with Gasteiger partial charge in [0.25, 0.3) is 0 Å². The van der Waals surface area contributed by atoms with Crippen LogP contribution in [0.4, 0.5) is 5.82 Å². The Bertz CT molecular complexity index is 1260. The topological polar surface area (TPSA) is 104 Å². The first-order valence-corrected chi connectivity index (χ1v) is 10.9. The van der Waals surface area contributed by atoms with Crippen LogP contribution in [0, 0.1) is 50.4 Å². The number of rotatable bonds is 6. The van der Waals surface area contributed by atoms with E-state index in [-0.39, 0.29) is 11.7 Å². The molecule has 2 heterocycles. The van der Waals surface area contributed by atoms with Crippen LogP contribution in [-0.2, 0) is 4.79 Å². The number of hydrogen-bond acceptors (Lipinski definition) is 6. The number of nitriles is 2. The number of aryl methyl sites for hydroxylation is 2. The van der Waals surface area contributed by atoms with Gasteiger partial charge in [-0.05, 0) is 69.2 Å². The first-order valence-electron chi connectivity index (χ1n) is 9.88. The standard InChI is InChI=1S/C24H23N5O2S/c1-14-10-15(2)27-24(20(14)11-25)32-13-22(30)28-23-21(12-26)16(3)17(4)29(23)18-6-8-19(31-5)9-7-18/h6-10H,13H2,1-5H3,(H,28,30). The lowest BCUT2D eigenvalue weighted by Crippen LogP contribution is -2.18. The van der Waals surface area contributed by atoms with Crippen molar-refractivity contribution in [3.05, 3.63) is 64.0 Å². The summed E-state index contributed by atoms with van der Waals surface area (Å²) in [5, 5.41) is 22.6. The molecule has 0 radical (unpaired) electrons. The van der Waals surface area contributed by atoms with E-state index in [9.17, 15) is 15.3 Å². The van der Waals surface area contributed by atoms with Gasteiger partial charge in [-0.1, -0.05) is 11.8 Å². The van der Waals surface area contributed by atoms with E-state index in [0.717, 1.165) is 28.2 Å². The number of carbonyl (C=O) groups excluding carboxylic acids is 1. The summed E-state index contributed by atoms with van der Waals surface area (Å²) in [7, 11) is 1.60. The van der Waals surface area contributed by atoms with Crippen LogP contribution in [0.15, 0.2) is 35.4 Å². The number of nitrogens with zero attached hydrogens (tertiary/aromatic N) is 4. The van der Waals surface area contributed by atoms with Gasteiger partial charge in [-0.3, -0.25) is 9.36 Å². The van der Waals surface area contributed by atoms with Crippen LogP contribution in [0.3, 0.4) is 0 Å². The van der Waals surface area contributed by atoms with Crippen molar-refractivity contribution in [2.45, 2.75) is 32.7 Å². The average Bonchev–Trinajstić information content (AvgIpc) is 3.01. The third kappa shape index (κ3) is 4.46. The fourth-order valence-electron chi connectivity index (χ4n) is 3.46. The third-order valence-electron chi connectivity index (χ3n) is 5.18. The van der Waals surface area contributed by atoms with Crippen LogP contribution in [0.5, 0.6) is 5.75 Å². The summed E-state index contributed by atoms with van der Waals surface area (Å²) in [6, 6.07) is 13.6. The van der Waals surface area contributed by atoms with Gasteiger partial charge in [-0.15, -0.1) is 0 Å². The zero-order valence-corrected chi connectivity index (χ0v) is 19.4. The Morgan fingerprint density at radius 2 is 1.78 bits per heavy atom. The number of aromatic nitrogens is 2. The van der Waals surface area contributed by atoms with E-state index < -0.39 is 0 Å². The Hall–Kier alpha value is -3.75. The Kier molecular flexibility index (Phi) is 6.87. The molecule has 1 N–H and O–H groups in total. The monoisotopic (exact) mass is 445 g/mol. The molecule has 0 atom stereocenters. The molecule has 0 saturated carbocycles. The van der Waals surface area contributed by atoms with Gasteiger partial charge < -0.3 is 10.1 Å². The summed E-state index contributed by atoms with van der Waals surface area (Å²) in [6.45, 7) is 7.47. The number of benzene rings is 1. The molecule has 162 valence electrons. The SMILES string of the molecule is COc1ccc(-n2c(C)c(C)c(C#N)c2NC(=O)CSc2nc(C)cc(C)c2C#N)cc1. The summed E-state index contributed by atoms with van der Waals surface area (Å²) in [6.07, 6.45) is 0. The Morgan fingerprint density at radius 1 is 1.12 bits per heavy atom. The van der Waals surface area contributed by atoms with E-state index in [1.807, 2.05) is 62.6 Å². The number of amides is 1. The summed E-state index contributed by atoms with van der Waals surface area (Å²) < 4.78 is 7.08. The predicted molar refractivity (Wildman–Crippen MR) is 124 cm³/mol. The van der Waals surface area contributed by atoms with E-state index in [0.29, 0.717) is 27.7 Å². The number of hydrogen-bond donors (Lipinski definition) is 1. The van der Waals surface area contributed by atoms with E-state index in [4.69, 9.17) is 4.74 Å². The first kappa shape index (κ1) is 22.9. The van der Waals surface area contributed by atoms with Gasteiger partial charge in [0.15, 0.2) is 0 Å². The van der Waals surface area contributed by atoms with Gasteiger partial charge in [0.1, 0.15) is 28.7 Å². The fraction of sp³-hybridized carbons (Fsp3) is 0.250.